The maximum atomic E-state index is 12.2. The number of likely N-dealkylation sites (tertiary alicyclic amines) is 1. The molecule has 2 aliphatic rings. The number of hydrogen-bond acceptors (Lipinski definition) is 4. The first-order valence-electron chi connectivity index (χ1n) is 6.68. The molecule has 2 saturated heterocycles. The lowest BCUT2D eigenvalue weighted by Crippen LogP contribution is -2.52. The first-order valence-corrected chi connectivity index (χ1v) is 6.68. The number of ether oxygens (including phenoxy) is 1. The molecule has 2 rings (SSSR count). The Morgan fingerprint density at radius 3 is 2.83 bits per heavy atom. The topological polar surface area (TPSA) is 58.6 Å². The second-order valence-corrected chi connectivity index (χ2v) is 5.62. The van der Waals surface area contributed by atoms with Gasteiger partial charge in [0, 0.05) is 18.2 Å². The number of rotatable bonds is 4. The van der Waals surface area contributed by atoms with Gasteiger partial charge in [0.1, 0.15) is 0 Å². The number of nitrogens with zero attached hydrogens (tertiary/aromatic N) is 1. The summed E-state index contributed by atoms with van der Waals surface area (Å²) in [5, 5.41) is 3.31. The second kappa shape index (κ2) is 4.97. The molecule has 18 heavy (non-hydrogen) atoms. The van der Waals surface area contributed by atoms with Gasteiger partial charge in [-0.1, -0.05) is 6.92 Å². The van der Waals surface area contributed by atoms with Gasteiger partial charge in [-0.25, -0.2) is 0 Å². The van der Waals surface area contributed by atoms with E-state index in [1.807, 2.05) is 20.8 Å². The fraction of sp³-hybridized carbons (Fsp3) is 0.846. The second-order valence-electron chi connectivity index (χ2n) is 5.62. The van der Waals surface area contributed by atoms with Gasteiger partial charge in [0.05, 0.1) is 19.1 Å². The van der Waals surface area contributed by atoms with E-state index in [0.717, 1.165) is 12.8 Å². The Bertz CT molecular complexity index is 350. The van der Waals surface area contributed by atoms with E-state index in [1.54, 1.807) is 0 Å². The van der Waals surface area contributed by atoms with E-state index in [0.29, 0.717) is 13.2 Å². The maximum Gasteiger partial charge on any atom is 0.247 e. The predicted octanol–water partition coefficient (Wildman–Crippen LogP) is 0.681. The standard InChI is InChI=1S/C13H22N2O3/c1-4-9(2)15-11(16)7-10(12(15)17)14-13(3)5-6-18-8-13/h9-10,14H,4-8H2,1-3H3. The van der Waals surface area contributed by atoms with Crippen LogP contribution in [0.2, 0.25) is 0 Å². The van der Waals surface area contributed by atoms with E-state index >= 15 is 0 Å². The molecule has 0 aromatic rings. The van der Waals surface area contributed by atoms with Crippen molar-refractivity contribution in [3.8, 4) is 0 Å². The molecule has 2 fully saturated rings. The minimum atomic E-state index is -0.377. The highest BCUT2D eigenvalue weighted by atomic mass is 16.5. The molecule has 0 radical (unpaired) electrons. The summed E-state index contributed by atoms with van der Waals surface area (Å²) in [6.45, 7) is 7.27. The van der Waals surface area contributed by atoms with Crippen LogP contribution >= 0.6 is 0 Å². The monoisotopic (exact) mass is 254 g/mol. The van der Waals surface area contributed by atoms with Crippen molar-refractivity contribution in [3.63, 3.8) is 0 Å². The average Bonchev–Trinajstić information content (AvgIpc) is 2.85. The highest BCUT2D eigenvalue weighted by molar-refractivity contribution is 6.05. The lowest BCUT2D eigenvalue weighted by atomic mass is 10.00. The van der Waals surface area contributed by atoms with E-state index < -0.39 is 0 Å². The van der Waals surface area contributed by atoms with Gasteiger partial charge in [0.2, 0.25) is 11.8 Å². The maximum absolute atomic E-state index is 12.2. The summed E-state index contributed by atoms with van der Waals surface area (Å²) >= 11 is 0. The molecule has 2 aliphatic heterocycles. The highest BCUT2D eigenvalue weighted by Crippen LogP contribution is 2.23. The van der Waals surface area contributed by atoms with Crippen LogP contribution in [0, 0.1) is 0 Å². The van der Waals surface area contributed by atoms with Crippen molar-refractivity contribution in [1.29, 1.82) is 0 Å². The van der Waals surface area contributed by atoms with Gasteiger partial charge in [0.15, 0.2) is 0 Å². The molecule has 3 atom stereocenters. The van der Waals surface area contributed by atoms with Gasteiger partial charge in [0.25, 0.3) is 0 Å². The molecule has 0 aromatic heterocycles. The summed E-state index contributed by atoms with van der Waals surface area (Å²) in [4.78, 5) is 25.6. The fourth-order valence-corrected chi connectivity index (χ4v) is 2.61. The van der Waals surface area contributed by atoms with Crippen molar-refractivity contribution < 1.29 is 14.3 Å². The van der Waals surface area contributed by atoms with E-state index in [4.69, 9.17) is 4.74 Å². The Morgan fingerprint density at radius 2 is 2.28 bits per heavy atom. The van der Waals surface area contributed by atoms with Crippen LogP contribution in [0.15, 0.2) is 0 Å². The molecule has 5 heteroatoms. The minimum Gasteiger partial charge on any atom is -0.379 e. The van der Waals surface area contributed by atoms with Crippen LogP contribution in [0.3, 0.4) is 0 Å². The van der Waals surface area contributed by atoms with Crippen molar-refractivity contribution in [1.82, 2.24) is 10.2 Å². The molecule has 0 saturated carbocycles. The zero-order valence-electron chi connectivity index (χ0n) is 11.4. The summed E-state index contributed by atoms with van der Waals surface area (Å²) in [5.41, 5.74) is -0.175. The third-order valence-corrected chi connectivity index (χ3v) is 3.96. The number of hydrogen-bond donors (Lipinski definition) is 1. The Hall–Kier alpha value is -0.940. The molecule has 0 spiro atoms. The molecule has 2 amide bonds. The zero-order valence-corrected chi connectivity index (χ0v) is 11.4. The Balaban J connectivity index is 2.03. The Kier molecular flexibility index (Phi) is 3.73. The van der Waals surface area contributed by atoms with Crippen LogP contribution in [0.25, 0.3) is 0 Å². The van der Waals surface area contributed by atoms with Crippen LogP contribution in [0.5, 0.6) is 0 Å². The van der Waals surface area contributed by atoms with E-state index in [2.05, 4.69) is 5.32 Å². The van der Waals surface area contributed by atoms with Crippen LogP contribution in [0.1, 0.15) is 40.0 Å². The fourth-order valence-electron chi connectivity index (χ4n) is 2.61. The quantitative estimate of drug-likeness (QED) is 0.750. The molecular formula is C13H22N2O3. The first kappa shape index (κ1) is 13.5. The Morgan fingerprint density at radius 1 is 1.56 bits per heavy atom. The van der Waals surface area contributed by atoms with Crippen LogP contribution in [-0.4, -0.2) is 47.6 Å². The molecule has 5 nitrogen and oxygen atoms in total. The summed E-state index contributed by atoms with van der Waals surface area (Å²) in [5.74, 6) is -0.142. The summed E-state index contributed by atoms with van der Waals surface area (Å²) in [7, 11) is 0. The average molecular weight is 254 g/mol. The summed E-state index contributed by atoms with van der Waals surface area (Å²) < 4.78 is 5.36. The zero-order chi connectivity index (χ0) is 13.3. The molecule has 2 heterocycles. The van der Waals surface area contributed by atoms with Gasteiger partial charge in [-0.2, -0.15) is 0 Å². The van der Waals surface area contributed by atoms with Crippen molar-refractivity contribution in [2.75, 3.05) is 13.2 Å². The number of nitrogens with one attached hydrogen (secondary N) is 1. The minimum absolute atomic E-state index is 0.00978. The lowest BCUT2D eigenvalue weighted by molar-refractivity contribution is -0.141. The normalized spacial score (nSPS) is 34.4. The van der Waals surface area contributed by atoms with Crippen LogP contribution in [-0.2, 0) is 14.3 Å². The van der Waals surface area contributed by atoms with Crippen molar-refractivity contribution in [2.24, 2.45) is 0 Å². The number of carbonyl (C=O) groups is 2. The van der Waals surface area contributed by atoms with Crippen molar-refractivity contribution in [2.45, 2.75) is 57.7 Å². The van der Waals surface area contributed by atoms with Crippen LogP contribution in [0.4, 0.5) is 0 Å². The number of imide groups is 1. The van der Waals surface area contributed by atoms with Gasteiger partial charge in [-0.15, -0.1) is 0 Å². The van der Waals surface area contributed by atoms with Crippen molar-refractivity contribution in [3.05, 3.63) is 0 Å². The van der Waals surface area contributed by atoms with Crippen molar-refractivity contribution >= 4 is 11.8 Å². The molecule has 1 N–H and O–H groups in total. The lowest BCUT2D eigenvalue weighted by Gasteiger charge is -2.27. The molecule has 102 valence electrons. The highest BCUT2D eigenvalue weighted by Gasteiger charge is 2.44. The summed E-state index contributed by atoms with van der Waals surface area (Å²) in [6, 6.07) is -0.386. The van der Waals surface area contributed by atoms with Gasteiger partial charge < -0.3 is 4.74 Å². The van der Waals surface area contributed by atoms with E-state index in [-0.39, 0.29) is 35.9 Å². The molecule has 3 unspecified atom stereocenters. The number of carbonyl (C=O) groups excluding carboxylic acids is 2. The summed E-state index contributed by atoms with van der Waals surface area (Å²) in [6.07, 6.45) is 1.96. The van der Waals surface area contributed by atoms with E-state index in [1.165, 1.54) is 4.90 Å². The first-order chi connectivity index (χ1) is 8.47. The largest absolute Gasteiger partial charge is 0.379 e. The molecule has 0 aliphatic carbocycles. The molecular weight excluding hydrogens is 232 g/mol. The third-order valence-electron chi connectivity index (χ3n) is 3.96. The van der Waals surface area contributed by atoms with Gasteiger partial charge in [-0.05, 0) is 26.7 Å². The smallest absolute Gasteiger partial charge is 0.247 e. The predicted molar refractivity (Wildman–Crippen MR) is 67.0 cm³/mol. The van der Waals surface area contributed by atoms with Gasteiger partial charge in [-0.3, -0.25) is 19.8 Å². The molecule has 0 aromatic carbocycles. The third kappa shape index (κ3) is 2.42. The number of amides is 2. The Labute approximate surface area is 108 Å². The molecule has 0 bridgehead atoms. The SMILES string of the molecule is CCC(C)N1C(=O)CC(NC2(C)CCOC2)C1=O. The van der Waals surface area contributed by atoms with Crippen LogP contribution < -0.4 is 5.32 Å². The van der Waals surface area contributed by atoms with E-state index in [9.17, 15) is 9.59 Å². The van der Waals surface area contributed by atoms with Gasteiger partial charge >= 0.3 is 0 Å².